The van der Waals surface area contributed by atoms with Crippen molar-refractivity contribution in [2.45, 2.75) is 44.1 Å². The van der Waals surface area contributed by atoms with Gasteiger partial charge < -0.3 is 15.5 Å². The zero-order valence-corrected chi connectivity index (χ0v) is 18.2. The number of carbonyl (C=O) groups excluding carboxylic acids is 1. The Balaban J connectivity index is 0.00000306. The van der Waals surface area contributed by atoms with Gasteiger partial charge in [0.15, 0.2) is 0 Å². The van der Waals surface area contributed by atoms with E-state index in [4.69, 9.17) is 21.1 Å². The number of nitrogens with zero attached hydrogens (tertiary/aromatic N) is 3. The molecule has 1 saturated heterocycles. The number of rotatable bonds is 7. The summed E-state index contributed by atoms with van der Waals surface area (Å²) in [5.41, 5.74) is 4.98. The maximum absolute atomic E-state index is 14.7. The zero-order valence-electron chi connectivity index (χ0n) is 18.2. The van der Waals surface area contributed by atoms with Crippen molar-refractivity contribution in [3.63, 3.8) is 0 Å². The number of amidine groups is 1. The third-order valence-corrected chi connectivity index (χ3v) is 5.83. The molecule has 3 rings (SSSR count). The standard InChI is InChI=1S/C22H26F2N6O3.2H2/c1-13(20(31)29-18(26)4-5-19(27)33-12-14-2-3-14)30-7-6-22(23,24)17(11-30)16-8-15(9-25)21(32)28-10-16;;/h4-5,8,10,13-14,17,27H,2-3,6-7,11-12H2,1H3,(H,28,32)(H2,26,29,31);2*1H/b5-4-,27-19?;;/t13-,17?;;/m0../s1. The van der Waals surface area contributed by atoms with Gasteiger partial charge in [0.2, 0.25) is 5.90 Å². The molecule has 1 aromatic rings. The van der Waals surface area contributed by atoms with Gasteiger partial charge in [-0.25, -0.2) is 8.78 Å². The van der Waals surface area contributed by atoms with E-state index in [-0.39, 0.29) is 38.8 Å². The van der Waals surface area contributed by atoms with Crippen LogP contribution in [0.5, 0.6) is 0 Å². The summed E-state index contributed by atoms with van der Waals surface area (Å²) >= 11 is 0. The minimum absolute atomic E-state index is 0. The highest BCUT2D eigenvalue weighted by Gasteiger charge is 2.46. The lowest BCUT2D eigenvalue weighted by Crippen LogP contribution is -2.51. The lowest BCUT2D eigenvalue weighted by atomic mass is 9.86. The fourth-order valence-corrected chi connectivity index (χ4v) is 3.53. The van der Waals surface area contributed by atoms with Gasteiger partial charge >= 0.3 is 0 Å². The van der Waals surface area contributed by atoms with Gasteiger partial charge in [0.1, 0.15) is 17.5 Å². The highest BCUT2D eigenvalue weighted by atomic mass is 19.3. The molecule has 33 heavy (non-hydrogen) atoms. The van der Waals surface area contributed by atoms with E-state index in [1.54, 1.807) is 17.9 Å². The minimum Gasteiger partial charge on any atom is -0.478 e. The summed E-state index contributed by atoms with van der Waals surface area (Å²) in [7, 11) is 0. The molecule has 1 aromatic heterocycles. The summed E-state index contributed by atoms with van der Waals surface area (Å²) in [6.45, 7) is 1.83. The number of H-pyrrole nitrogens is 1. The van der Waals surface area contributed by atoms with Crippen molar-refractivity contribution in [2.24, 2.45) is 16.6 Å². The van der Waals surface area contributed by atoms with E-state index >= 15 is 0 Å². The number of halogens is 2. The highest BCUT2D eigenvalue weighted by molar-refractivity contribution is 6.04. The normalized spacial score (nSPS) is 22.0. The Morgan fingerprint density at radius 2 is 2.27 bits per heavy atom. The van der Waals surface area contributed by atoms with Crippen molar-refractivity contribution in [1.82, 2.24) is 9.88 Å². The quantitative estimate of drug-likeness (QED) is 0.417. The molecule has 180 valence electrons. The average Bonchev–Trinajstić information content (AvgIpc) is 3.60. The highest BCUT2D eigenvalue weighted by Crippen LogP contribution is 2.40. The lowest BCUT2D eigenvalue weighted by molar-refractivity contribution is -0.127. The number of amides is 1. The Morgan fingerprint density at radius 3 is 2.94 bits per heavy atom. The van der Waals surface area contributed by atoms with Crippen LogP contribution in [0.2, 0.25) is 0 Å². The second kappa shape index (κ2) is 10.0. The van der Waals surface area contributed by atoms with Crippen molar-refractivity contribution in [1.29, 1.82) is 10.7 Å². The first kappa shape index (κ1) is 24.3. The predicted octanol–water partition coefficient (Wildman–Crippen LogP) is 2.40. The molecular weight excluding hydrogens is 434 g/mol. The Hall–Kier alpha value is -3.39. The van der Waals surface area contributed by atoms with Crippen LogP contribution in [0.4, 0.5) is 8.78 Å². The van der Waals surface area contributed by atoms with Crippen molar-refractivity contribution >= 4 is 17.6 Å². The third kappa shape index (κ3) is 6.32. The van der Waals surface area contributed by atoms with Crippen LogP contribution in [0, 0.1) is 22.7 Å². The largest absolute Gasteiger partial charge is 0.478 e. The van der Waals surface area contributed by atoms with Gasteiger partial charge in [0, 0.05) is 34.6 Å². The lowest BCUT2D eigenvalue weighted by Gasteiger charge is -2.40. The number of likely N-dealkylation sites (tertiary alicyclic amines) is 1. The van der Waals surface area contributed by atoms with E-state index in [1.165, 1.54) is 18.3 Å². The third-order valence-electron chi connectivity index (χ3n) is 5.83. The summed E-state index contributed by atoms with van der Waals surface area (Å²) in [4.78, 5) is 31.9. The van der Waals surface area contributed by atoms with E-state index < -0.39 is 35.8 Å². The molecule has 1 amide bonds. The molecule has 0 spiro atoms. The first-order chi connectivity index (χ1) is 15.6. The van der Waals surface area contributed by atoms with Crippen LogP contribution in [0.1, 0.15) is 46.1 Å². The maximum Gasteiger partial charge on any atom is 0.265 e. The van der Waals surface area contributed by atoms with Crippen molar-refractivity contribution < 1.29 is 21.2 Å². The number of aromatic nitrogens is 1. The van der Waals surface area contributed by atoms with E-state index in [0.29, 0.717) is 12.5 Å². The molecule has 9 nitrogen and oxygen atoms in total. The van der Waals surface area contributed by atoms with Gasteiger partial charge in [-0.05, 0) is 43.4 Å². The molecule has 2 aliphatic rings. The number of alkyl halides is 2. The zero-order chi connectivity index (χ0) is 24.2. The average molecular weight is 465 g/mol. The van der Waals surface area contributed by atoms with Crippen LogP contribution >= 0.6 is 0 Å². The number of nitriles is 1. The number of ether oxygens (including phenoxy) is 1. The van der Waals surface area contributed by atoms with Crippen molar-refractivity contribution in [2.75, 3.05) is 19.7 Å². The second-order valence-electron chi connectivity index (χ2n) is 8.35. The first-order valence-corrected chi connectivity index (χ1v) is 10.6. The molecular formula is C22H30F2N6O3. The molecule has 2 heterocycles. The summed E-state index contributed by atoms with van der Waals surface area (Å²) < 4.78 is 34.6. The smallest absolute Gasteiger partial charge is 0.265 e. The Morgan fingerprint density at radius 1 is 1.55 bits per heavy atom. The van der Waals surface area contributed by atoms with E-state index in [0.717, 1.165) is 18.9 Å². The molecule has 2 fully saturated rings. The second-order valence-corrected chi connectivity index (χ2v) is 8.35. The van der Waals surface area contributed by atoms with Crippen LogP contribution < -0.4 is 11.3 Å². The number of nitrogens with one attached hydrogen (secondary N) is 2. The molecule has 0 radical (unpaired) electrons. The molecule has 0 aromatic carbocycles. The summed E-state index contributed by atoms with van der Waals surface area (Å²) in [5, 5.41) is 16.7. The number of aliphatic imine (C=N–C) groups is 1. The van der Waals surface area contributed by atoms with Crippen LogP contribution in [-0.2, 0) is 9.53 Å². The fraction of sp³-hybridized carbons (Fsp3) is 0.500. The van der Waals surface area contributed by atoms with Crippen LogP contribution in [0.3, 0.4) is 0 Å². The number of pyridine rings is 1. The van der Waals surface area contributed by atoms with Gasteiger partial charge in [-0.2, -0.15) is 10.3 Å². The Kier molecular flexibility index (Phi) is 7.38. The number of hydrogen-bond acceptors (Lipinski definition) is 6. The number of piperidine rings is 1. The molecule has 0 bridgehead atoms. The number of aromatic amines is 1. The maximum atomic E-state index is 14.7. The summed E-state index contributed by atoms with van der Waals surface area (Å²) in [6, 6.07) is 2.03. The van der Waals surface area contributed by atoms with E-state index in [2.05, 4.69) is 9.98 Å². The molecule has 11 heteroatoms. The van der Waals surface area contributed by atoms with Crippen LogP contribution in [-0.4, -0.2) is 59.2 Å². The molecule has 1 saturated carbocycles. The number of nitrogens with two attached hydrogens (primary N) is 1. The van der Waals surface area contributed by atoms with Crippen molar-refractivity contribution in [3.05, 3.63) is 45.9 Å². The van der Waals surface area contributed by atoms with Gasteiger partial charge in [0.05, 0.1) is 18.6 Å². The summed E-state index contributed by atoms with van der Waals surface area (Å²) in [6.07, 6.45) is 5.47. The fourth-order valence-electron chi connectivity index (χ4n) is 3.53. The number of hydrogen-bond donors (Lipinski definition) is 3. The Labute approximate surface area is 192 Å². The van der Waals surface area contributed by atoms with Gasteiger partial charge in [0.25, 0.3) is 17.4 Å². The van der Waals surface area contributed by atoms with Gasteiger partial charge in [-0.3, -0.25) is 19.9 Å². The monoisotopic (exact) mass is 464 g/mol. The van der Waals surface area contributed by atoms with Crippen molar-refractivity contribution in [3.8, 4) is 6.07 Å². The first-order valence-electron chi connectivity index (χ1n) is 10.6. The molecule has 4 N–H and O–H groups in total. The topological polar surface area (TPSA) is 148 Å². The minimum atomic E-state index is -3.07. The van der Waals surface area contributed by atoms with E-state index in [9.17, 15) is 18.4 Å². The Bertz CT molecular complexity index is 1080. The predicted molar refractivity (Wildman–Crippen MR) is 122 cm³/mol. The molecule has 2 atom stereocenters. The van der Waals surface area contributed by atoms with E-state index in [1.807, 2.05) is 0 Å². The van der Waals surface area contributed by atoms with Gasteiger partial charge in [-0.15, -0.1) is 0 Å². The number of carbonyl (C=O) groups is 1. The summed E-state index contributed by atoms with van der Waals surface area (Å²) in [5.74, 6) is -4.70. The molecule has 1 unspecified atom stereocenters. The SMILES string of the molecule is C[C@@H](C(=O)N=C(N)/C=C\C(=N)OCC1CC1)N1CCC(F)(F)C(c2c[nH]c(=O)c(C#N)c2)C1.[HH].[HH]. The van der Waals surface area contributed by atoms with Gasteiger partial charge in [-0.1, -0.05) is 0 Å². The van der Waals surface area contributed by atoms with Crippen LogP contribution in [0.15, 0.2) is 34.2 Å². The molecule has 1 aliphatic carbocycles. The molecule has 1 aliphatic heterocycles. The van der Waals surface area contributed by atoms with Crippen LogP contribution in [0.25, 0.3) is 0 Å².